The van der Waals surface area contributed by atoms with Gasteiger partial charge in [0.1, 0.15) is 29.9 Å². The fourth-order valence-corrected chi connectivity index (χ4v) is 5.69. The molecule has 2 bridgehead atoms. The molecule has 0 aromatic carbocycles. The van der Waals surface area contributed by atoms with E-state index in [2.05, 4.69) is 9.37 Å². The fraction of sp³-hybridized carbons (Fsp3) is 0.833. The first-order valence-corrected chi connectivity index (χ1v) is 10.6. The summed E-state index contributed by atoms with van der Waals surface area (Å²) >= 11 is -0.802. The van der Waals surface area contributed by atoms with Crippen LogP contribution in [0.5, 0.6) is 0 Å². The third kappa shape index (κ3) is 3.67. The highest BCUT2D eigenvalue weighted by molar-refractivity contribution is 7.96. The Bertz CT molecular complexity index is 726. The van der Waals surface area contributed by atoms with E-state index in [1.807, 2.05) is 6.92 Å². The van der Waals surface area contributed by atoms with Crippen LogP contribution in [0.15, 0.2) is 0 Å². The van der Waals surface area contributed by atoms with E-state index in [9.17, 15) is 28.4 Å². The molecule has 0 N–H and O–H groups in total. The molecule has 30 heavy (non-hydrogen) atoms. The van der Waals surface area contributed by atoms with E-state index in [0.717, 1.165) is 19.3 Å². The second-order valence-corrected chi connectivity index (χ2v) is 9.37. The zero-order valence-corrected chi connectivity index (χ0v) is 16.9. The Morgan fingerprint density at radius 2 is 1.93 bits per heavy atom. The van der Waals surface area contributed by atoms with Crippen molar-refractivity contribution in [2.75, 3.05) is 0 Å². The van der Waals surface area contributed by atoms with Gasteiger partial charge in [-0.2, -0.15) is 13.1 Å². The number of hydrogen-bond donors (Lipinski definition) is 0. The summed E-state index contributed by atoms with van der Waals surface area (Å²) < 4.78 is 47.1. The Labute approximate surface area is 174 Å². The van der Waals surface area contributed by atoms with Crippen molar-refractivity contribution < 1.29 is 52.0 Å². The van der Waals surface area contributed by atoms with Gasteiger partial charge >= 0.3 is 23.2 Å². The first-order chi connectivity index (χ1) is 14.2. The van der Waals surface area contributed by atoms with Crippen LogP contribution < -0.4 is 5.26 Å². The third-order valence-corrected chi connectivity index (χ3v) is 7.22. The maximum Gasteiger partial charge on any atom is 0.415 e. The van der Waals surface area contributed by atoms with E-state index < -0.39 is 76.7 Å². The van der Waals surface area contributed by atoms with Crippen LogP contribution in [0.1, 0.15) is 45.4 Å². The minimum Gasteiger partial charge on any atom is -0.691 e. The summed E-state index contributed by atoms with van der Waals surface area (Å²) in [6, 6.07) is 0. The first kappa shape index (κ1) is 21.7. The topological polar surface area (TPSA) is 120 Å². The van der Waals surface area contributed by atoms with Gasteiger partial charge in [-0.25, -0.2) is 4.79 Å². The molecule has 0 spiro atoms. The summed E-state index contributed by atoms with van der Waals surface area (Å²) in [5, 5.41) is 8.37. The number of carbonyl (C=O) groups excluding carboxylic acids is 3. The van der Waals surface area contributed by atoms with Crippen molar-refractivity contribution >= 4 is 30.0 Å². The van der Waals surface area contributed by atoms with Gasteiger partial charge in [0.2, 0.25) is 0 Å². The number of hydrogen-bond acceptors (Lipinski definition) is 10. The summed E-state index contributed by atoms with van der Waals surface area (Å²) in [4.78, 5) is 37.3. The molecule has 0 aromatic rings. The lowest BCUT2D eigenvalue weighted by atomic mass is 9.78. The number of fused-ring (bicyclic) bond motifs is 1. The highest BCUT2D eigenvalue weighted by Crippen LogP contribution is 2.59. The molecule has 3 aliphatic carbocycles. The molecule has 0 amide bonds. The quantitative estimate of drug-likeness (QED) is 0.185. The molecule has 4 aliphatic rings. The first-order valence-electron chi connectivity index (χ1n) is 9.83. The van der Waals surface area contributed by atoms with E-state index >= 15 is 0 Å². The lowest BCUT2D eigenvalue weighted by molar-refractivity contribution is -0.777. The zero-order chi connectivity index (χ0) is 21.7. The van der Waals surface area contributed by atoms with Crippen LogP contribution >= 0.6 is 12.0 Å². The monoisotopic (exact) mass is 451 g/mol. The zero-order valence-electron chi connectivity index (χ0n) is 16.0. The molecule has 3 saturated carbocycles. The van der Waals surface area contributed by atoms with Gasteiger partial charge in [-0.3, -0.25) is 14.6 Å². The summed E-state index contributed by atoms with van der Waals surface area (Å²) in [6.45, 7) is 1.85. The molecule has 9 nitrogen and oxygen atoms in total. The highest BCUT2D eigenvalue weighted by Gasteiger charge is 2.71. The predicted molar refractivity (Wildman–Crippen MR) is 90.6 cm³/mol. The fourth-order valence-electron chi connectivity index (χ4n) is 5.46. The summed E-state index contributed by atoms with van der Waals surface area (Å²) in [5.41, 5.74) is -0.634. The summed E-state index contributed by atoms with van der Waals surface area (Å²) in [5.74, 6) is -5.88. The molecule has 6 unspecified atom stereocenters. The molecule has 1 aliphatic heterocycles. The lowest BCUT2D eigenvalue weighted by Gasteiger charge is -2.36. The molecular weight excluding hydrogens is 430 g/mol. The van der Waals surface area contributed by atoms with E-state index in [-0.39, 0.29) is 0 Å². The molecule has 0 radical (unpaired) electrons. The van der Waals surface area contributed by atoms with Gasteiger partial charge in [0.05, 0.1) is 11.8 Å². The molecule has 1 saturated heterocycles. The number of carbonyl (C=O) groups is 3. The second kappa shape index (κ2) is 7.88. The van der Waals surface area contributed by atoms with Gasteiger partial charge in [0.15, 0.2) is 0 Å². The molecule has 168 valence electrons. The minimum atomic E-state index is -4.22. The van der Waals surface area contributed by atoms with Crippen LogP contribution in [0.2, 0.25) is 0 Å². The maximum atomic E-state index is 13.8. The van der Waals surface area contributed by atoms with Gasteiger partial charge < -0.3 is 19.5 Å². The normalized spacial score (nSPS) is 36.5. The van der Waals surface area contributed by atoms with Crippen molar-refractivity contribution in [1.82, 2.24) is 0 Å². The number of esters is 3. The Hall–Kier alpha value is -1.50. The summed E-state index contributed by atoms with van der Waals surface area (Å²) in [6.07, 6.45) is 2.57. The number of halogens is 2. The molecule has 4 rings (SSSR count). The van der Waals surface area contributed by atoms with Crippen LogP contribution in [0.4, 0.5) is 8.78 Å². The van der Waals surface area contributed by atoms with Crippen molar-refractivity contribution in [3.63, 3.8) is 0 Å². The van der Waals surface area contributed by atoms with Gasteiger partial charge in [-0.05, 0) is 39.0 Å². The molecule has 6 atom stereocenters. The summed E-state index contributed by atoms with van der Waals surface area (Å²) in [7, 11) is 0. The average Bonchev–Trinajstić information content (AvgIpc) is 3.30. The van der Waals surface area contributed by atoms with Gasteiger partial charge in [-0.15, -0.1) is 0 Å². The van der Waals surface area contributed by atoms with Crippen LogP contribution in [0, 0.1) is 23.7 Å². The Balaban J connectivity index is 1.49. The van der Waals surface area contributed by atoms with E-state index in [1.54, 1.807) is 0 Å². The van der Waals surface area contributed by atoms with Crippen LogP contribution in [-0.2, 0) is 38.0 Å². The van der Waals surface area contributed by atoms with Gasteiger partial charge in [0, 0.05) is 11.8 Å². The largest absolute Gasteiger partial charge is 0.691 e. The number of alkyl halides is 2. The Morgan fingerprint density at radius 3 is 2.60 bits per heavy atom. The van der Waals surface area contributed by atoms with E-state index in [0.29, 0.717) is 19.3 Å². The van der Waals surface area contributed by atoms with Crippen LogP contribution in [-0.4, -0.2) is 41.0 Å². The van der Waals surface area contributed by atoms with Crippen LogP contribution in [0.3, 0.4) is 0 Å². The SMILES string of the molecule is CC1(OC(=O)C2C3CC4C(OC(=O)C42)C3OC(=O)C(F)(F)SOO[O-])CCCCC1. The number of ether oxygens (including phenoxy) is 3. The molecule has 4 fully saturated rings. The molecule has 1 heterocycles. The lowest BCUT2D eigenvalue weighted by Crippen LogP contribution is -2.47. The van der Waals surface area contributed by atoms with Crippen molar-refractivity contribution in [2.24, 2.45) is 23.7 Å². The second-order valence-electron chi connectivity index (χ2n) is 8.55. The average molecular weight is 451 g/mol. The molecule has 0 aromatic heterocycles. The Kier molecular flexibility index (Phi) is 5.71. The standard InChI is InChI=1S/C18H22F2O9S/c1-17(5-3-2-4-6-17)27-15(22)11-9-7-8-10(11)14(21)25-12(8)13(9)26-16(23)18(19,20)30-29-28-24/h8-13,24H,2-7H2,1H3/p-1. The smallest absolute Gasteiger partial charge is 0.415 e. The maximum absolute atomic E-state index is 13.8. The van der Waals surface area contributed by atoms with Gasteiger partial charge in [-0.1, -0.05) is 6.42 Å². The van der Waals surface area contributed by atoms with Crippen molar-refractivity contribution in [1.29, 1.82) is 0 Å². The minimum absolute atomic E-state index is 0.328. The van der Waals surface area contributed by atoms with Crippen molar-refractivity contribution in [2.45, 2.75) is 68.5 Å². The number of rotatable bonds is 7. The molecular formula is C18H21F2O9S-. The Morgan fingerprint density at radius 1 is 1.23 bits per heavy atom. The van der Waals surface area contributed by atoms with Gasteiger partial charge in [0.25, 0.3) is 0 Å². The van der Waals surface area contributed by atoms with Crippen LogP contribution in [0.25, 0.3) is 0 Å². The predicted octanol–water partition coefficient (Wildman–Crippen LogP) is 1.44. The third-order valence-electron chi connectivity index (χ3n) is 6.72. The molecule has 12 heteroatoms. The van der Waals surface area contributed by atoms with Crippen molar-refractivity contribution in [3.05, 3.63) is 0 Å². The highest BCUT2D eigenvalue weighted by atomic mass is 32.2. The van der Waals surface area contributed by atoms with E-state index in [1.165, 1.54) is 0 Å². The van der Waals surface area contributed by atoms with E-state index in [4.69, 9.17) is 14.2 Å². The van der Waals surface area contributed by atoms with Crippen molar-refractivity contribution in [3.8, 4) is 0 Å².